The Kier molecular flexibility index (Phi) is 5.98. The van der Waals surface area contributed by atoms with Crippen molar-refractivity contribution >= 4 is 5.97 Å². The molecule has 1 saturated carbocycles. The third kappa shape index (κ3) is 4.10. The minimum absolute atomic E-state index is 0.0362. The van der Waals surface area contributed by atoms with Gasteiger partial charge in [0.2, 0.25) is 0 Å². The van der Waals surface area contributed by atoms with E-state index in [-0.39, 0.29) is 17.8 Å². The van der Waals surface area contributed by atoms with E-state index in [0.29, 0.717) is 12.5 Å². The van der Waals surface area contributed by atoms with E-state index >= 15 is 0 Å². The molecule has 2 bridgehead atoms. The predicted octanol–water partition coefficient (Wildman–Crippen LogP) is 7.14. The number of hydrogen-bond donors (Lipinski definition) is 0. The average molecular weight is 415 g/mol. The fourth-order valence-electron chi connectivity index (χ4n) is 6.25. The largest absolute Gasteiger partial charge is 0.464 e. The van der Waals surface area contributed by atoms with E-state index in [1.165, 1.54) is 47.9 Å². The van der Waals surface area contributed by atoms with Gasteiger partial charge in [-0.1, -0.05) is 86.9 Å². The second-order valence-corrected chi connectivity index (χ2v) is 9.92. The van der Waals surface area contributed by atoms with Gasteiger partial charge in [-0.15, -0.1) is 0 Å². The third-order valence-electron chi connectivity index (χ3n) is 8.09. The second kappa shape index (κ2) is 9.02. The van der Waals surface area contributed by atoms with Crippen molar-refractivity contribution in [3.05, 3.63) is 71.8 Å². The fourth-order valence-corrected chi connectivity index (χ4v) is 6.25. The number of esters is 1. The van der Waals surface area contributed by atoms with E-state index < -0.39 is 0 Å². The van der Waals surface area contributed by atoms with Crippen LogP contribution < -0.4 is 0 Å². The smallest absolute Gasteiger partial charge is 0.309 e. The number of carbonyl (C=O) groups is 1. The molecule has 4 unspecified atom stereocenters. The monoisotopic (exact) mass is 414 g/mol. The van der Waals surface area contributed by atoms with Crippen LogP contribution in [0, 0.1) is 23.7 Å². The average Bonchev–Trinajstić information content (AvgIpc) is 3.08. The summed E-state index contributed by atoms with van der Waals surface area (Å²) in [6.45, 7) is 2.84. The van der Waals surface area contributed by atoms with Crippen molar-refractivity contribution in [2.75, 3.05) is 6.61 Å². The van der Waals surface area contributed by atoms with E-state index in [0.717, 1.165) is 31.1 Å². The molecule has 2 aromatic carbocycles. The van der Waals surface area contributed by atoms with Crippen LogP contribution in [0.4, 0.5) is 0 Å². The van der Waals surface area contributed by atoms with Crippen molar-refractivity contribution in [3.63, 3.8) is 0 Å². The highest BCUT2D eigenvalue weighted by molar-refractivity contribution is 5.79. The molecule has 3 aliphatic rings. The van der Waals surface area contributed by atoms with Crippen molar-refractivity contribution in [1.29, 1.82) is 0 Å². The van der Waals surface area contributed by atoms with Crippen LogP contribution in [0.25, 0.3) is 11.1 Å². The van der Waals surface area contributed by atoms with Crippen LogP contribution in [0.15, 0.2) is 60.7 Å². The maximum Gasteiger partial charge on any atom is 0.309 e. The SMILES string of the molecule is CC1CC=CCC2CC1CCCCC2C(=O)OCC1c2ccccc2-c2ccccc21. The van der Waals surface area contributed by atoms with Gasteiger partial charge in [0, 0.05) is 5.92 Å². The van der Waals surface area contributed by atoms with Gasteiger partial charge >= 0.3 is 5.97 Å². The molecule has 4 atom stereocenters. The van der Waals surface area contributed by atoms with Gasteiger partial charge in [-0.05, 0) is 65.7 Å². The summed E-state index contributed by atoms with van der Waals surface area (Å²) in [5.74, 6) is 2.13. The Morgan fingerprint density at radius 2 is 1.52 bits per heavy atom. The number of carbonyl (C=O) groups excluding carboxylic acids is 1. The molecule has 0 spiro atoms. The summed E-state index contributed by atoms with van der Waals surface area (Å²) in [6.07, 6.45) is 12.8. The van der Waals surface area contributed by atoms with Crippen LogP contribution in [0.5, 0.6) is 0 Å². The first-order valence-corrected chi connectivity index (χ1v) is 12.2. The van der Waals surface area contributed by atoms with Gasteiger partial charge < -0.3 is 4.74 Å². The Bertz CT molecular complexity index is 913. The number of hydrogen-bond acceptors (Lipinski definition) is 2. The summed E-state index contributed by atoms with van der Waals surface area (Å²) in [5.41, 5.74) is 5.15. The molecular weight excluding hydrogens is 380 g/mol. The normalized spacial score (nSPS) is 27.9. The third-order valence-corrected chi connectivity index (χ3v) is 8.09. The van der Waals surface area contributed by atoms with Crippen molar-refractivity contribution < 1.29 is 9.53 Å². The number of fused-ring (bicyclic) bond motifs is 5. The minimum atomic E-state index is 0.0362. The molecule has 31 heavy (non-hydrogen) atoms. The van der Waals surface area contributed by atoms with E-state index in [4.69, 9.17) is 4.74 Å². The Labute approximate surface area is 186 Å². The summed E-state index contributed by atoms with van der Waals surface area (Å²) in [5, 5.41) is 0. The Morgan fingerprint density at radius 3 is 2.26 bits per heavy atom. The molecule has 0 aliphatic heterocycles. The highest BCUT2D eigenvalue weighted by atomic mass is 16.5. The van der Waals surface area contributed by atoms with Gasteiger partial charge in [-0.25, -0.2) is 0 Å². The van der Waals surface area contributed by atoms with Crippen LogP contribution in [0.1, 0.15) is 68.9 Å². The van der Waals surface area contributed by atoms with Crippen LogP contribution >= 0.6 is 0 Å². The van der Waals surface area contributed by atoms with Crippen LogP contribution in [0.2, 0.25) is 0 Å². The molecule has 5 rings (SSSR count). The lowest BCUT2D eigenvalue weighted by Gasteiger charge is -2.35. The molecule has 0 aromatic heterocycles. The van der Waals surface area contributed by atoms with Gasteiger partial charge in [-0.3, -0.25) is 4.79 Å². The molecule has 2 aromatic rings. The molecule has 0 heterocycles. The molecule has 2 nitrogen and oxygen atoms in total. The molecule has 0 radical (unpaired) electrons. The fraction of sp³-hybridized carbons (Fsp3) is 0.483. The summed E-state index contributed by atoms with van der Waals surface area (Å²) in [7, 11) is 0. The maximum atomic E-state index is 13.4. The summed E-state index contributed by atoms with van der Waals surface area (Å²) in [4.78, 5) is 13.4. The standard InChI is InChI=1S/C29H34O2/c1-20-10-2-3-12-22-18-21(20)11-4-5-13-23(22)29(30)31-19-28-26-16-8-6-14-24(26)25-15-7-9-17-27(25)28/h2-3,6-9,14-17,20-23,28H,4-5,10-13,18-19H2,1H3. The first-order valence-electron chi connectivity index (χ1n) is 12.2. The van der Waals surface area contributed by atoms with Crippen LogP contribution in [-0.2, 0) is 9.53 Å². The lowest BCUT2D eigenvalue weighted by molar-refractivity contribution is -0.151. The van der Waals surface area contributed by atoms with E-state index in [1.807, 2.05) is 0 Å². The summed E-state index contributed by atoms with van der Waals surface area (Å²) in [6, 6.07) is 17.1. The van der Waals surface area contributed by atoms with Crippen molar-refractivity contribution in [1.82, 2.24) is 0 Å². The van der Waals surface area contributed by atoms with Crippen molar-refractivity contribution in [3.8, 4) is 11.1 Å². The molecule has 0 amide bonds. The molecule has 162 valence electrons. The van der Waals surface area contributed by atoms with Crippen LogP contribution in [0.3, 0.4) is 0 Å². The molecule has 3 aliphatic carbocycles. The topological polar surface area (TPSA) is 26.3 Å². The molecule has 0 saturated heterocycles. The van der Waals surface area contributed by atoms with E-state index in [9.17, 15) is 4.79 Å². The number of ether oxygens (including phenoxy) is 1. The maximum absolute atomic E-state index is 13.4. The first-order chi connectivity index (χ1) is 15.2. The van der Waals surface area contributed by atoms with Crippen molar-refractivity contribution in [2.24, 2.45) is 23.7 Å². The van der Waals surface area contributed by atoms with Crippen LogP contribution in [-0.4, -0.2) is 12.6 Å². The van der Waals surface area contributed by atoms with E-state index in [1.54, 1.807) is 0 Å². The van der Waals surface area contributed by atoms with Gasteiger partial charge in [0.05, 0.1) is 5.92 Å². The highest BCUT2D eigenvalue weighted by Crippen LogP contribution is 2.45. The molecule has 0 N–H and O–H groups in total. The zero-order chi connectivity index (χ0) is 21.2. The zero-order valence-corrected chi connectivity index (χ0v) is 18.6. The Morgan fingerprint density at radius 1 is 0.871 bits per heavy atom. The van der Waals surface area contributed by atoms with Gasteiger partial charge in [0.25, 0.3) is 0 Å². The highest BCUT2D eigenvalue weighted by Gasteiger charge is 2.35. The van der Waals surface area contributed by atoms with Gasteiger partial charge in [0.1, 0.15) is 6.61 Å². The number of allylic oxidation sites excluding steroid dienone is 2. The second-order valence-electron chi connectivity index (χ2n) is 9.92. The molecule has 2 heteroatoms. The lowest BCUT2D eigenvalue weighted by atomic mass is 9.71. The lowest BCUT2D eigenvalue weighted by Crippen LogP contribution is -2.31. The summed E-state index contributed by atoms with van der Waals surface area (Å²) < 4.78 is 6.10. The quantitative estimate of drug-likeness (QED) is 0.394. The van der Waals surface area contributed by atoms with Gasteiger partial charge in [0.15, 0.2) is 0 Å². The number of rotatable bonds is 3. The number of benzene rings is 2. The Balaban J connectivity index is 1.33. The zero-order valence-electron chi connectivity index (χ0n) is 18.6. The van der Waals surface area contributed by atoms with E-state index in [2.05, 4.69) is 67.6 Å². The molecule has 1 fully saturated rings. The van der Waals surface area contributed by atoms with Gasteiger partial charge in [-0.2, -0.15) is 0 Å². The Hall–Kier alpha value is -2.35. The predicted molar refractivity (Wildman–Crippen MR) is 126 cm³/mol. The first kappa shape index (κ1) is 20.5. The minimum Gasteiger partial charge on any atom is -0.464 e. The summed E-state index contributed by atoms with van der Waals surface area (Å²) >= 11 is 0. The molecular formula is C29H34O2. The van der Waals surface area contributed by atoms with Crippen molar-refractivity contribution in [2.45, 2.75) is 57.8 Å².